The second-order valence-corrected chi connectivity index (χ2v) is 4.61. The first-order chi connectivity index (χ1) is 7.63. The SMILES string of the molecule is COc1cc2sccc2cc1C(=O)C(C)N. The molecule has 0 radical (unpaired) electrons. The molecule has 2 rings (SSSR count). The maximum Gasteiger partial charge on any atom is 0.182 e. The molecule has 0 aliphatic heterocycles. The molecular weight excluding hydrogens is 222 g/mol. The van der Waals surface area contributed by atoms with Crippen molar-refractivity contribution in [1.29, 1.82) is 0 Å². The van der Waals surface area contributed by atoms with Crippen LogP contribution in [0.25, 0.3) is 10.1 Å². The van der Waals surface area contributed by atoms with Gasteiger partial charge in [-0.3, -0.25) is 4.79 Å². The number of carbonyl (C=O) groups is 1. The summed E-state index contributed by atoms with van der Waals surface area (Å²) in [7, 11) is 1.56. The lowest BCUT2D eigenvalue weighted by molar-refractivity contribution is 0.0965. The summed E-state index contributed by atoms with van der Waals surface area (Å²) in [5.74, 6) is 0.502. The summed E-state index contributed by atoms with van der Waals surface area (Å²) >= 11 is 1.62. The summed E-state index contributed by atoms with van der Waals surface area (Å²) in [6.45, 7) is 1.68. The van der Waals surface area contributed by atoms with Crippen LogP contribution in [0.1, 0.15) is 17.3 Å². The van der Waals surface area contributed by atoms with Gasteiger partial charge in [0, 0.05) is 4.70 Å². The molecule has 0 saturated carbocycles. The lowest BCUT2D eigenvalue weighted by atomic mass is 10.0. The lowest BCUT2D eigenvalue weighted by Crippen LogP contribution is -2.26. The summed E-state index contributed by atoms with van der Waals surface area (Å²) < 4.78 is 6.33. The van der Waals surface area contributed by atoms with Gasteiger partial charge in [-0.25, -0.2) is 0 Å². The van der Waals surface area contributed by atoms with E-state index in [1.54, 1.807) is 25.4 Å². The van der Waals surface area contributed by atoms with E-state index in [4.69, 9.17) is 10.5 Å². The summed E-state index contributed by atoms with van der Waals surface area (Å²) in [4.78, 5) is 11.9. The molecule has 0 aliphatic carbocycles. The Kier molecular flexibility index (Phi) is 2.94. The standard InChI is InChI=1S/C12H13NO2S/c1-7(13)12(14)9-5-8-3-4-16-11(8)6-10(9)15-2/h3-7H,13H2,1-2H3. The van der Waals surface area contributed by atoms with Gasteiger partial charge in [0.25, 0.3) is 0 Å². The molecule has 4 heteroatoms. The highest BCUT2D eigenvalue weighted by Gasteiger charge is 2.17. The van der Waals surface area contributed by atoms with Gasteiger partial charge in [0.2, 0.25) is 0 Å². The number of carbonyl (C=O) groups excluding carboxylic acids is 1. The molecule has 0 amide bonds. The van der Waals surface area contributed by atoms with Gasteiger partial charge in [-0.15, -0.1) is 11.3 Å². The maximum absolute atomic E-state index is 11.9. The average molecular weight is 235 g/mol. The van der Waals surface area contributed by atoms with Crippen molar-refractivity contribution in [2.24, 2.45) is 5.73 Å². The Morgan fingerprint density at radius 2 is 2.25 bits per heavy atom. The Labute approximate surface area is 97.8 Å². The molecule has 0 fully saturated rings. The molecule has 1 atom stereocenters. The fourth-order valence-electron chi connectivity index (χ4n) is 1.60. The van der Waals surface area contributed by atoms with E-state index >= 15 is 0 Å². The summed E-state index contributed by atoms with van der Waals surface area (Å²) in [6, 6.07) is 5.20. The molecule has 1 aromatic carbocycles. The zero-order chi connectivity index (χ0) is 11.7. The number of benzene rings is 1. The van der Waals surface area contributed by atoms with Crippen LogP contribution in [-0.4, -0.2) is 18.9 Å². The first kappa shape index (κ1) is 11.1. The predicted octanol–water partition coefficient (Wildman–Crippen LogP) is 2.44. The molecule has 1 heterocycles. The van der Waals surface area contributed by atoms with Crippen LogP contribution < -0.4 is 10.5 Å². The van der Waals surface area contributed by atoms with Crippen molar-refractivity contribution in [3.05, 3.63) is 29.1 Å². The minimum atomic E-state index is -0.509. The van der Waals surface area contributed by atoms with Crippen LogP contribution in [0.15, 0.2) is 23.6 Å². The molecule has 0 saturated heterocycles. The van der Waals surface area contributed by atoms with Crippen molar-refractivity contribution in [3.8, 4) is 5.75 Å². The molecule has 0 spiro atoms. The van der Waals surface area contributed by atoms with Crippen molar-refractivity contribution >= 4 is 27.2 Å². The number of ether oxygens (including phenoxy) is 1. The van der Waals surface area contributed by atoms with Crippen molar-refractivity contribution < 1.29 is 9.53 Å². The van der Waals surface area contributed by atoms with Crippen molar-refractivity contribution in [3.63, 3.8) is 0 Å². The number of fused-ring (bicyclic) bond motifs is 1. The Morgan fingerprint density at radius 3 is 2.88 bits per heavy atom. The fraction of sp³-hybridized carbons (Fsp3) is 0.250. The normalized spacial score (nSPS) is 12.7. The molecule has 3 nitrogen and oxygen atoms in total. The van der Waals surface area contributed by atoms with Gasteiger partial charge in [-0.2, -0.15) is 0 Å². The highest BCUT2D eigenvalue weighted by molar-refractivity contribution is 7.17. The van der Waals surface area contributed by atoms with Crippen molar-refractivity contribution in [2.75, 3.05) is 7.11 Å². The van der Waals surface area contributed by atoms with E-state index in [9.17, 15) is 4.79 Å². The van der Waals surface area contributed by atoms with Gasteiger partial charge in [0.1, 0.15) is 5.75 Å². The van der Waals surface area contributed by atoms with Crippen LogP contribution in [0.2, 0.25) is 0 Å². The van der Waals surface area contributed by atoms with Gasteiger partial charge in [0.15, 0.2) is 5.78 Å². The van der Waals surface area contributed by atoms with Gasteiger partial charge in [0.05, 0.1) is 18.7 Å². The second kappa shape index (κ2) is 4.23. The minimum absolute atomic E-state index is 0.0926. The zero-order valence-corrected chi connectivity index (χ0v) is 10.0. The highest BCUT2D eigenvalue weighted by atomic mass is 32.1. The van der Waals surface area contributed by atoms with Gasteiger partial charge >= 0.3 is 0 Å². The number of nitrogens with two attached hydrogens (primary N) is 1. The van der Waals surface area contributed by atoms with Crippen molar-refractivity contribution in [1.82, 2.24) is 0 Å². The number of Topliss-reactive ketones (excluding diaryl/α,β-unsaturated/α-hetero) is 1. The minimum Gasteiger partial charge on any atom is -0.496 e. The molecular formula is C12H13NO2S. The first-order valence-corrected chi connectivity index (χ1v) is 5.86. The summed E-state index contributed by atoms with van der Waals surface area (Å²) in [5.41, 5.74) is 6.17. The van der Waals surface area contributed by atoms with Crippen LogP contribution >= 0.6 is 11.3 Å². The molecule has 1 aromatic heterocycles. The number of thiophene rings is 1. The lowest BCUT2D eigenvalue weighted by Gasteiger charge is -2.09. The Bertz CT molecular complexity index is 531. The molecule has 1 unspecified atom stereocenters. The molecule has 16 heavy (non-hydrogen) atoms. The number of rotatable bonds is 3. The molecule has 2 N–H and O–H groups in total. The molecule has 84 valence electrons. The predicted molar refractivity (Wildman–Crippen MR) is 66.4 cm³/mol. The van der Waals surface area contributed by atoms with E-state index in [1.807, 2.05) is 23.6 Å². The smallest absolute Gasteiger partial charge is 0.182 e. The highest BCUT2D eigenvalue weighted by Crippen LogP contribution is 2.30. The molecule has 0 bridgehead atoms. The van der Waals surface area contributed by atoms with E-state index in [-0.39, 0.29) is 5.78 Å². The van der Waals surface area contributed by atoms with Crippen LogP contribution in [0.4, 0.5) is 0 Å². The van der Waals surface area contributed by atoms with Crippen LogP contribution in [0, 0.1) is 0 Å². The number of hydrogen-bond donors (Lipinski definition) is 1. The third-order valence-corrected chi connectivity index (χ3v) is 3.33. The van der Waals surface area contributed by atoms with Gasteiger partial charge < -0.3 is 10.5 Å². The molecule has 0 aliphatic rings. The third kappa shape index (κ3) is 1.81. The van der Waals surface area contributed by atoms with Crippen LogP contribution in [0.3, 0.4) is 0 Å². The van der Waals surface area contributed by atoms with E-state index in [2.05, 4.69) is 0 Å². The summed E-state index contributed by atoms with van der Waals surface area (Å²) in [6.07, 6.45) is 0. The Morgan fingerprint density at radius 1 is 1.50 bits per heavy atom. The number of hydrogen-bond acceptors (Lipinski definition) is 4. The Balaban J connectivity index is 2.61. The van der Waals surface area contributed by atoms with Crippen LogP contribution in [0.5, 0.6) is 5.75 Å². The third-order valence-electron chi connectivity index (χ3n) is 2.45. The number of ketones is 1. The second-order valence-electron chi connectivity index (χ2n) is 3.66. The van der Waals surface area contributed by atoms with Gasteiger partial charge in [-0.1, -0.05) is 0 Å². The average Bonchev–Trinajstić information content (AvgIpc) is 2.72. The fourth-order valence-corrected chi connectivity index (χ4v) is 2.40. The van der Waals surface area contributed by atoms with Gasteiger partial charge in [-0.05, 0) is 35.9 Å². The van der Waals surface area contributed by atoms with E-state index < -0.39 is 6.04 Å². The topological polar surface area (TPSA) is 52.3 Å². The van der Waals surface area contributed by atoms with E-state index in [0.717, 1.165) is 10.1 Å². The Hall–Kier alpha value is -1.39. The summed E-state index contributed by atoms with van der Waals surface area (Å²) in [5, 5.41) is 3.04. The van der Waals surface area contributed by atoms with E-state index in [0.29, 0.717) is 11.3 Å². The first-order valence-electron chi connectivity index (χ1n) is 4.98. The van der Waals surface area contributed by atoms with Crippen molar-refractivity contribution in [2.45, 2.75) is 13.0 Å². The quantitative estimate of drug-likeness (QED) is 0.831. The van der Waals surface area contributed by atoms with Crippen LogP contribution in [-0.2, 0) is 0 Å². The number of methoxy groups -OCH3 is 1. The largest absolute Gasteiger partial charge is 0.496 e. The molecule has 2 aromatic rings. The van der Waals surface area contributed by atoms with E-state index in [1.165, 1.54) is 0 Å². The zero-order valence-electron chi connectivity index (χ0n) is 9.19. The maximum atomic E-state index is 11.9. The monoisotopic (exact) mass is 235 g/mol.